The fourth-order valence-corrected chi connectivity index (χ4v) is 5.88. The van der Waals surface area contributed by atoms with Crippen molar-refractivity contribution < 1.29 is 13.6 Å². The minimum Gasteiger partial charge on any atom is -0.337 e. The molecule has 0 spiro atoms. The minimum atomic E-state index is -0.653. The molecule has 0 radical (unpaired) electrons. The number of amides is 1. The van der Waals surface area contributed by atoms with Crippen LogP contribution in [0.4, 0.5) is 31.8 Å². The van der Waals surface area contributed by atoms with Crippen molar-refractivity contribution in [1.82, 2.24) is 19.8 Å². The molecule has 1 unspecified atom stereocenters. The van der Waals surface area contributed by atoms with Gasteiger partial charge in [0.25, 0.3) is 5.91 Å². The summed E-state index contributed by atoms with van der Waals surface area (Å²) in [6.45, 7) is 1.80. The van der Waals surface area contributed by atoms with Crippen LogP contribution in [0, 0.1) is 11.6 Å². The van der Waals surface area contributed by atoms with Crippen molar-refractivity contribution in [3.63, 3.8) is 0 Å². The van der Waals surface area contributed by atoms with Gasteiger partial charge in [0.15, 0.2) is 0 Å². The number of benzene rings is 3. The lowest BCUT2D eigenvalue weighted by molar-refractivity contribution is 0.0635. The molecule has 2 aliphatic heterocycles. The first-order chi connectivity index (χ1) is 20.3. The highest BCUT2D eigenvalue weighted by Crippen LogP contribution is 2.42. The van der Waals surface area contributed by atoms with Crippen molar-refractivity contribution in [3.8, 4) is 11.3 Å². The third-order valence-electron chi connectivity index (χ3n) is 7.98. The number of nitrogens with zero attached hydrogens (tertiary/aromatic N) is 5. The van der Waals surface area contributed by atoms with Gasteiger partial charge < -0.3 is 20.0 Å². The summed E-state index contributed by atoms with van der Waals surface area (Å²) < 4.78 is 29.7. The predicted octanol–water partition coefficient (Wildman–Crippen LogP) is 6.68. The van der Waals surface area contributed by atoms with Crippen molar-refractivity contribution in [1.29, 1.82) is 0 Å². The molecule has 10 heteroatoms. The van der Waals surface area contributed by atoms with E-state index in [4.69, 9.17) is 16.6 Å². The molecule has 42 heavy (non-hydrogen) atoms. The van der Waals surface area contributed by atoms with Crippen molar-refractivity contribution in [3.05, 3.63) is 94.6 Å². The van der Waals surface area contributed by atoms with Gasteiger partial charge in [0.2, 0.25) is 5.95 Å². The van der Waals surface area contributed by atoms with Crippen LogP contribution in [0.15, 0.2) is 66.9 Å². The van der Waals surface area contributed by atoms with Crippen LogP contribution in [0.1, 0.15) is 28.8 Å². The standard InChI is InChI=1S/C32H31ClF2N6O/c1-39(2)24-5-4-15-40(19-24)31(42)20-8-11-23(12-9-20)37-32-36-18-21-14-16-41(30-26(34)6-3-7-27(30)35)28-17-22(33)10-13-25(28)29(21)38-32/h3,6-13,17-18,24H,4-5,14-16,19H2,1-2H3,(H,36,37,38). The Morgan fingerprint density at radius 2 is 1.81 bits per heavy atom. The second-order valence-corrected chi connectivity index (χ2v) is 11.4. The summed E-state index contributed by atoms with van der Waals surface area (Å²) in [6, 6.07) is 16.8. The number of likely N-dealkylation sites (tertiary alicyclic amines) is 1. The molecule has 0 aliphatic carbocycles. The Labute approximate surface area is 248 Å². The van der Waals surface area contributed by atoms with E-state index in [-0.39, 0.29) is 11.6 Å². The van der Waals surface area contributed by atoms with E-state index in [0.717, 1.165) is 37.2 Å². The maximum Gasteiger partial charge on any atom is 0.253 e. The molecule has 1 aromatic heterocycles. The predicted molar refractivity (Wildman–Crippen MR) is 162 cm³/mol. The van der Waals surface area contributed by atoms with Crippen LogP contribution >= 0.6 is 11.6 Å². The Kier molecular flexibility index (Phi) is 7.79. The fourth-order valence-electron chi connectivity index (χ4n) is 5.71. The Morgan fingerprint density at radius 1 is 1.05 bits per heavy atom. The van der Waals surface area contributed by atoms with E-state index >= 15 is 0 Å². The smallest absolute Gasteiger partial charge is 0.253 e. The summed E-state index contributed by atoms with van der Waals surface area (Å²) in [6.07, 6.45) is 4.29. The third-order valence-corrected chi connectivity index (χ3v) is 8.22. The van der Waals surface area contributed by atoms with Crippen molar-refractivity contribution in [2.75, 3.05) is 43.9 Å². The Hall–Kier alpha value is -4.08. The number of carbonyl (C=O) groups excluding carboxylic acids is 1. The summed E-state index contributed by atoms with van der Waals surface area (Å²) in [7, 11) is 4.10. The van der Waals surface area contributed by atoms with Crippen LogP contribution in [-0.2, 0) is 6.42 Å². The van der Waals surface area contributed by atoms with Crippen molar-refractivity contribution >= 4 is 40.5 Å². The number of carbonyl (C=O) groups is 1. The van der Waals surface area contributed by atoms with Crippen LogP contribution in [-0.4, -0.2) is 65.4 Å². The highest BCUT2D eigenvalue weighted by Gasteiger charge is 2.28. The number of rotatable bonds is 5. The number of piperidine rings is 1. The van der Waals surface area contributed by atoms with Gasteiger partial charge in [-0.1, -0.05) is 17.7 Å². The van der Waals surface area contributed by atoms with Gasteiger partial charge in [-0.15, -0.1) is 0 Å². The number of para-hydroxylation sites is 1. The van der Waals surface area contributed by atoms with E-state index in [1.165, 1.54) is 18.2 Å². The first-order valence-corrected chi connectivity index (χ1v) is 14.4. The molecule has 0 saturated carbocycles. The number of halogens is 3. The van der Waals surface area contributed by atoms with E-state index in [0.29, 0.717) is 52.5 Å². The third kappa shape index (κ3) is 5.54. The largest absolute Gasteiger partial charge is 0.337 e. The highest BCUT2D eigenvalue weighted by molar-refractivity contribution is 6.31. The van der Waals surface area contributed by atoms with Gasteiger partial charge in [-0.05, 0) is 93.5 Å². The SMILES string of the molecule is CN(C)C1CCCN(C(=O)c2ccc(Nc3ncc4c(n3)-c3ccc(Cl)cc3N(c3c(F)cccc3F)CC4)cc2)C1. The molecule has 216 valence electrons. The molecule has 2 aliphatic rings. The van der Waals surface area contributed by atoms with E-state index in [9.17, 15) is 13.6 Å². The molecule has 1 atom stereocenters. The van der Waals surface area contributed by atoms with Gasteiger partial charge in [0.1, 0.15) is 17.3 Å². The highest BCUT2D eigenvalue weighted by atomic mass is 35.5. The average molecular weight is 589 g/mol. The van der Waals surface area contributed by atoms with Crippen molar-refractivity contribution in [2.45, 2.75) is 25.3 Å². The Bertz CT molecular complexity index is 1610. The summed E-state index contributed by atoms with van der Waals surface area (Å²) in [4.78, 5) is 28.2. The molecule has 1 amide bonds. The number of nitrogens with one attached hydrogen (secondary N) is 1. The monoisotopic (exact) mass is 588 g/mol. The number of hydrogen-bond acceptors (Lipinski definition) is 6. The number of fused-ring (bicyclic) bond motifs is 3. The van der Waals surface area contributed by atoms with E-state index < -0.39 is 11.6 Å². The van der Waals surface area contributed by atoms with Crippen LogP contribution in [0.25, 0.3) is 11.3 Å². The normalized spacial score (nSPS) is 16.6. The summed E-state index contributed by atoms with van der Waals surface area (Å²) in [5, 5.41) is 3.68. The van der Waals surface area contributed by atoms with Crippen LogP contribution in [0.5, 0.6) is 0 Å². The minimum absolute atomic E-state index is 0.0282. The molecule has 0 bridgehead atoms. The van der Waals surface area contributed by atoms with Gasteiger partial charge >= 0.3 is 0 Å². The van der Waals surface area contributed by atoms with Gasteiger partial charge in [-0.3, -0.25) is 4.79 Å². The lowest BCUT2D eigenvalue weighted by Crippen LogP contribution is -2.47. The summed E-state index contributed by atoms with van der Waals surface area (Å²) in [5.74, 6) is -0.912. The molecule has 7 nitrogen and oxygen atoms in total. The molecule has 1 fully saturated rings. The lowest BCUT2D eigenvalue weighted by atomic mass is 10.0. The Balaban J connectivity index is 1.26. The molecule has 1 N–H and O–H groups in total. The zero-order chi connectivity index (χ0) is 29.4. The van der Waals surface area contributed by atoms with Gasteiger partial charge in [-0.25, -0.2) is 18.7 Å². The number of aromatic nitrogens is 2. The molecular weight excluding hydrogens is 558 g/mol. The second-order valence-electron chi connectivity index (χ2n) is 10.9. The summed E-state index contributed by atoms with van der Waals surface area (Å²) in [5.41, 5.74) is 4.00. The van der Waals surface area contributed by atoms with Gasteiger partial charge in [0, 0.05) is 53.7 Å². The molecule has 3 aromatic carbocycles. The molecular formula is C32H31ClF2N6O. The van der Waals surface area contributed by atoms with E-state index in [2.05, 4.69) is 29.3 Å². The maximum absolute atomic E-state index is 14.9. The maximum atomic E-state index is 14.9. The number of anilines is 4. The average Bonchev–Trinajstić information content (AvgIpc) is 3.14. The molecule has 4 aromatic rings. The Morgan fingerprint density at radius 3 is 2.55 bits per heavy atom. The molecule has 1 saturated heterocycles. The zero-order valence-electron chi connectivity index (χ0n) is 23.4. The summed E-state index contributed by atoms with van der Waals surface area (Å²) >= 11 is 6.35. The molecule has 3 heterocycles. The topological polar surface area (TPSA) is 64.6 Å². The number of hydrogen-bond donors (Lipinski definition) is 1. The lowest BCUT2D eigenvalue weighted by Gasteiger charge is -2.36. The van der Waals surface area contributed by atoms with E-state index in [1.807, 2.05) is 35.2 Å². The van der Waals surface area contributed by atoms with Gasteiger partial charge in [-0.2, -0.15) is 0 Å². The fraction of sp³-hybridized carbons (Fsp3) is 0.281. The van der Waals surface area contributed by atoms with E-state index in [1.54, 1.807) is 23.2 Å². The number of likely N-dealkylation sites (N-methyl/N-ethyl adjacent to an activating group) is 1. The first kappa shape index (κ1) is 28.1. The van der Waals surface area contributed by atoms with Crippen molar-refractivity contribution in [2.24, 2.45) is 0 Å². The molecule has 6 rings (SSSR count). The van der Waals surface area contributed by atoms with Crippen LogP contribution in [0.3, 0.4) is 0 Å². The zero-order valence-corrected chi connectivity index (χ0v) is 24.2. The second kappa shape index (κ2) is 11.7. The quantitative estimate of drug-likeness (QED) is 0.281. The van der Waals surface area contributed by atoms with Crippen LogP contribution < -0.4 is 10.2 Å². The first-order valence-electron chi connectivity index (χ1n) is 14.0. The van der Waals surface area contributed by atoms with Gasteiger partial charge in [0.05, 0.1) is 11.4 Å². The van der Waals surface area contributed by atoms with Crippen LogP contribution in [0.2, 0.25) is 5.02 Å².